The number of rotatable bonds is 1. The first kappa shape index (κ1) is 13.9. The van der Waals surface area contributed by atoms with Crippen LogP contribution in [0.25, 0.3) is 10.9 Å². The van der Waals surface area contributed by atoms with Gasteiger partial charge in [0.15, 0.2) is 0 Å². The molecular weight excluding hydrogens is 340 g/mol. The minimum atomic E-state index is -0.800. The summed E-state index contributed by atoms with van der Waals surface area (Å²) in [7, 11) is 0. The number of halogens is 1. The topological polar surface area (TPSA) is 93.9 Å². The summed E-state index contributed by atoms with van der Waals surface area (Å²) in [4.78, 5) is 35.6. The van der Waals surface area contributed by atoms with Crippen LogP contribution in [0.15, 0.2) is 21.4 Å². The molecule has 1 atom stereocenters. The lowest BCUT2D eigenvalue weighted by Gasteiger charge is -2.21. The van der Waals surface area contributed by atoms with E-state index in [1.54, 1.807) is 6.07 Å². The van der Waals surface area contributed by atoms with E-state index in [0.29, 0.717) is 15.4 Å². The van der Waals surface area contributed by atoms with Gasteiger partial charge < -0.3 is 0 Å². The highest BCUT2D eigenvalue weighted by atomic mass is 79.9. The average molecular weight is 351 g/mol. The fourth-order valence-corrected chi connectivity index (χ4v) is 3.03. The minimum Gasteiger partial charge on any atom is -0.295 e. The molecule has 2 amide bonds. The molecule has 2 aromatic rings. The van der Waals surface area contributed by atoms with Crippen LogP contribution in [0.2, 0.25) is 0 Å². The lowest BCUT2D eigenvalue weighted by atomic mass is 10.1. The summed E-state index contributed by atoms with van der Waals surface area (Å²) in [5.74, 6) is -0.856. The number of benzene rings is 1. The third-order valence-electron chi connectivity index (χ3n) is 3.39. The van der Waals surface area contributed by atoms with Crippen molar-refractivity contribution in [2.75, 3.05) is 0 Å². The number of fused-ring (bicyclic) bond motifs is 1. The Morgan fingerprint density at radius 3 is 2.81 bits per heavy atom. The van der Waals surface area contributed by atoms with Gasteiger partial charge in [0.05, 0.1) is 5.39 Å². The first-order chi connectivity index (χ1) is 9.97. The van der Waals surface area contributed by atoms with Crippen molar-refractivity contribution in [3.8, 4) is 0 Å². The Kier molecular flexibility index (Phi) is 3.32. The molecule has 0 aliphatic carbocycles. The van der Waals surface area contributed by atoms with Gasteiger partial charge >= 0.3 is 0 Å². The van der Waals surface area contributed by atoms with Gasteiger partial charge in [-0.1, -0.05) is 5.21 Å². The molecule has 21 heavy (non-hydrogen) atoms. The van der Waals surface area contributed by atoms with E-state index >= 15 is 0 Å². The number of nitrogens with zero attached hydrogens (tertiary/aromatic N) is 3. The van der Waals surface area contributed by atoms with E-state index in [0.717, 1.165) is 10.2 Å². The molecule has 1 aromatic heterocycles. The van der Waals surface area contributed by atoms with Crippen LogP contribution in [0.5, 0.6) is 0 Å². The maximum Gasteiger partial charge on any atom is 0.278 e. The van der Waals surface area contributed by atoms with Crippen LogP contribution in [-0.4, -0.2) is 26.8 Å². The molecule has 2 heterocycles. The molecule has 108 valence electrons. The summed E-state index contributed by atoms with van der Waals surface area (Å²) >= 11 is 3.35. The number of piperidine rings is 1. The third kappa shape index (κ3) is 2.35. The largest absolute Gasteiger partial charge is 0.295 e. The number of carbonyl (C=O) groups is 2. The Hall–Kier alpha value is -2.09. The van der Waals surface area contributed by atoms with Gasteiger partial charge in [-0.3, -0.25) is 19.7 Å². The molecule has 0 radical (unpaired) electrons. The monoisotopic (exact) mass is 350 g/mol. The van der Waals surface area contributed by atoms with Gasteiger partial charge in [0.1, 0.15) is 11.6 Å². The number of hydrogen-bond acceptors (Lipinski definition) is 5. The SMILES string of the molecule is Cc1cc(Br)c2nnn(C3CCC(=O)NC3=O)c(=O)c2c1. The minimum absolute atomic E-state index is 0.181. The zero-order valence-corrected chi connectivity index (χ0v) is 12.7. The van der Waals surface area contributed by atoms with Crippen LogP contribution >= 0.6 is 15.9 Å². The first-order valence-corrected chi connectivity index (χ1v) is 7.15. The van der Waals surface area contributed by atoms with Gasteiger partial charge in [-0.05, 0) is 47.0 Å². The number of hydrogen-bond donors (Lipinski definition) is 1. The molecular formula is C13H11BrN4O3. The number of aromatic nitrogens is 3. The van der Waals surface area contributed by atoms with Crippen molar-refractivity contribution in [3.05, 3.63) is 32.5 Å². The molecule has 0 spiro atoms. The van der Waals surface area contributed by atoms with Gasteiger partial charge in [0.25, 0.3) is 11.5 Å². The normalized spacial score (nSPS) is 18.9. The fourth-order valence-electron chi connectivity index (χ4n) is 2.38. The Bertz CT molecular complexity index is 830. The predicted octanol–water partition coefficient (Wildman–Crippen LogP) is 0.840. The van der Waals surface area contributed by atoms with Crippen LogP contribution in [0, 0.1) is 6.92 Å². The van der Waals surface area contributed by atoms with Crippen molar-refractivity contribution in [1.29, 1.82) is 0 Å². The van der Waals surface area contributed by atoms with Crippen molar-refractivity contribution < 1.29 is 9.59 Å². The van der Waals surface area contributed by atoms with E-state index in [4.69, 9.17) is 0 Å². The molecule has 1 aliphatic rings. The summed E-state index contributed by atoms with van der Waals surface area (Å²) < 4.78 is 1.73. The molecule has 0 saturated carbocycles. The molecule has 0 bridgehead atoms. The van der Waals surface area contributed by atoms with Gasteiger partial charge in [-0.15, -0.1) is 5.10 Å². The molecule has 3 rings (SSSR count). The van der Waals surface area contributed by atoms with E-state index in [9.17, 15) is 14.4 Å². The van der Waals surface area contributed by atoms with E-state index in [2.05, 4.69) is 31.6 Å². The highest BCUT2D eigenvalue weighted by Crippen LogP contribution is 2.22. The maximum absolute atomic E-state index is 12.5. The number of carbonyl (C=O) groups excluding carboxylic acids is 2. The van der Waals surface area contributed by atoms with Crippen molar-refractivity contribution >= 4 is 38.6 Å². The summed E-state index contributed by atoms with van der Waals surface area (Å²) in [5.41, 5.74) is 0.961. The Labute approximate surface area is 127 Å². The zero-order valence-electron chi connectivity index (χ0n) is 11.1. The summed E-state index contributed by atoms with van der Waals surface area (Å²) in [6.45, 7) is 1.86. The second-order valence-corrected chi connectivity index (χ2v) is 5.80. The molecule has 7 nitrogen and oxygen atoms in total. The van der Waals surface area contributed by atoms with Crippen LogP contribution in [0.4, 0.5) is 0 Å². The van der Waals surface area contributed by atoms with Crippen LogP contribution < -0.4 is 10.9 Å². The van der Waals surface area contributed by atoms with Crippen LogP contribution in [-0.2, 0) is 9.59 Å². The lowest BCUT2D eigenvalue weighted by Crippen LogP contribution is -2.45. The van der Waals surface area contributed by atoms with E-state index in [1.807, 2.05) is 13.0 Å². The number of aryl methyl sites for hydroxylation is 1. The van der Waals surface area contributed by atoms with Crippen LogP contribution in [0.3, 0.4) is 0 Å². The van der Waals surface area contributed by atoms with Crippen molar-refractivity contribution in [2.24, 2.45) is 0 Å². The maximum atomic E-state index is 12.5. The quantitative estimate of drug-likeness (QED) is 0.769. The lowest BCUT2D eigenvalue weighted by molar-refractivity contribution is -0.136. The second kappa shape index (κ2) is 5.03. The Morgan fingerprint density at radius 2 is 2.10 bits per heavy atom. The standard InChI is InChI=1S/C13H11BrN4O3/c1-6-4-7-11(8(14)5-6)16-17-18(13(7)21)9-2-3-10(19)15-12(9)20/h4-5,9H,2-3H2,1H3,(H,15,19,20). The Balaban J connectivity index is 2.17. The second-order valence-electron chi connectivity index (χ2n) is 4.95. The van der Waals surface area contributed by atoms with Gasteiger partial charge in [0.2, 0.25) is 5.91 Å². The summed E-state index contributed by atoms with van der Waals surface area (Å²) in [6, 6.07) is 2.75. The molecule has 1 N–H and O–H groups in total. The molecule has 1 aromatic carbocycles. The van der Waals surface area contributed by atoms with Gasteiger partial charge in [-0.25, -0.2) is 0 Å². The number of nitrogens with one attached hydrogen (secondary N) is 1. The third-order valence-corrected chi connectivity index (χ3v) is 4.00. The summed E-state index contributed by atoms with van der Waals surface area (Å²) in [6.07, 6.45) is 0.428. The molecule has 1 unspecified atom stereocenters. The van der Waals surface area contributed by atoms with Crippen molar-refractivity contribution in [1.82, 2.24) is 20.3 Å². The smallest absolute Gasteiger partial charge is 0.278 e. The van der Waals surface area contributed by atoms with Gasteiger partial charge in [0, 0.05) is 10.9 Å². The van der Waals surface area contributed by atoms with Crippen molar-refractivity contribution in [3.63, 3.8) is 0 Å². The summed E-state index contributed by atoms with van der Waals surface area (Å²) in [5, 5.41) is 10.5. The van der Waals surface area contributed by atoms with E-state index in [1.165, 1.54) is 0 Å². The highest BCUT2D eigenvalue weighted by molar-refractivity contribution is 9.10. The zero-order chi connectivity index (χ0) is 15.1. The molecule has 1 aliphatic heterocycles. The van der Waals surface area contributed by atoms with Gasteiger partial charge in [-0.2, -0.15) is 4.68 Å². The number of imide groups is 1. The van der Waals surface area contributed by atoms with Crippen molar-refractivity contribution in [2.45, 2.75) is 25.8 Å². The first-order valence-electron chi connectivity index (χ1n) is 6.36. The molecule has 8 heteroatoms. The van der Waals surface area contributed by atoms with Crippen LogP contribution in [0.1, 0.15) is 24.4 Å². The van der Waals surface area contributed by atoms with E-state index in [-0.39, 0.29) is 24.3 Å². The highest BCUT2D eigenvalue weighted by Gasteiger charge is 2.30. The van der Waals surface area contributed by atoms with E-state index < -0.39 is 11.9 Å². The predicted molar refractivity (Wildman–Crippen MR) is 77.7 cm³/mol. The fraction of sp³-hybridized carbons (Fsp3) is 0.308. The average Bonchev–Trinajstić information content (AvgIpc) is 2.41. The molecule has 1 saturated heterocycles. The molecule has 1 fully saturated rings. The number of amides is 2. The Morgan fingerprint density at radius 1 is 1.33 bits per heavy atom.